The third-order valence-corrected chi connectivity index (χ3v) is 6.38. The van der Waals surface area contributed by atoms with Gasteiger partial charge in [0.2, 0.25) is 10.0 Å². The van der Waals surface area contributed by atoms with E-state index in [0.29, 0.717) is 36.6 Å². The highest BCUT2D eigenvalue weighted by molar-refractivity contribution is 7.89. The molecule has 1 amide bonds. The number of hydrogen-bond acceptors (Lipinski definition) is 3. The molecule has 7 heteroatoms. The average Bonchev–Trinajstić information content (AvgIpc) is 3.01. The van der Waals surface area contributed by atoms with Crippen molar-refractivity contribution in [1.29, 1.82) is 0 Å². The predicted molar refractivity (Wildman–Crippen MR) is 91.3 cm³/mol. The summed E-state index contributed by atoms with van der Waals surface area (Å²) in [5.41, 5.74) is 1.37. The van der Waals surface area contributed by atoms with Gasteiger partial charge < -0.3 is 9.47 Å². The van der Waals surface area contributed by atoms with Gasteiger partial charge in [-0.3, -0.25) is 4.79 Å². The molecule has 1 aliphatic heterocycles. The highest BCUT2D eigenvalue weighted by Crippen LogP contribution is 2.21. The molecule has 1 aromatic heterocycles. The molecule has 6 nitrogen and oxygen atoms in total. The molecule has 0 aliphatic carbocycles. The minimum atomic E-state index is -3.51. The number of benzene rings is 1. The number of piperazine rings is 1. The largest absolute Gasteiger partial charge is 0.356 e. The molecule has 0 spiro atoms. The van der Waals surface area contributed by atoms with Gasteiger partial charge in [0.1, 0.15) is 0 Å². The van der Waals surface area contributed by atoms with Gasteiger partial charge in [-0.05, 0) is 24.6 Å². The van der Waals surface area contributed by atoms with Crippen LogP contribution in [0.3, 0.4) is 0 Å². The Morgan fingerprint density at radius 1 is 1.04 bits per heavy atom. The quantitative estimate of drug-likeness (QED) is 0.845. The second-order valence-electron chi connectivity index (χ2n) is 6.03. The normalized spacial score (nSPS) is 16.3. The van der Waals surface area contributed by atoms with Crippen molar-refractivity contribution in [1.82, 2.24) is 13.8 Å². The van der Waals surface area contributed by atoms with E-state index in [1.807, 2.05) is 23.9 Å². The van der Waals surface area contributed by atoms with Crippen LogP contribution >= 0.6 is 0 Å². The number of carbonyl (C=O) groups is 1. The molecule has 0 atom stereocenters. The maximum absolute atomic E-state index is 12.8. The molecule has 2 aromatic rings. The number of amides is 1. The van der Waals surface area contributed by atoms with Crippen LogP contribution in [0.4, 0.5) is 0 Å². The van der Waals surface area contributed by atoms with E-state index in [1.54, 1.807) is 42.3 Å². The number of nitrogens with zero attached hydrogens (tertiary/aromatic N) is 3. The van der Waals surface area contributed by atoms with Crippen LogP contribution in [0.15, 0.2) is 47.6 Å². The second kappa shape index (κ2) is 6.41. The molecular weight excluding hydrogens is 326 g/mol. The van der Waals surface area contributed by atoms with Crippen molar-refractivity contribution in [3.05, 3.63) is 53.9 Å². The summed E-state index contributed by atoms with van der Waals surface area (Å²) in [5, 5.41) is 0. The summed E-state index contributed by atoms with van der Waals surface area (Å²) in [4.78, 5) is 14.5. The molecule has 0 bridgehead atoms. The number of aryl methyl sites for hydroxylation is 2. The van der Waals surface area contributed by atoms with Crippen LogP contribution < -0.4 is 0 Å². The molecule has 0 unspecified atom stereocenters. The van der Waals surface area contributed by atoms with E-state index in [0.717, 1.165) is 5.56 Å². The molecule has 0 N–H and O–H groups in total. The van der Waals surface area contributed by atoms with Gasteiger partial charge in [0.15, 0.2) is 0 Å². The molecule has 0 saturated carbocycles. The summed E-state index contributed by atoms with van der Waals surface area (Å²) >= 11 is 0. The summed E-state index contributed by atoms with van der Waals surface area (Å²) in [6, 6.07) is 8.76. The first-order valence-electron chi connectivity index (χ1n) is 7.86. The molecule has 1 aromatic carbocycles. The molecule has 2 heterocycles. The fourth-order valence-electron chi connectivity index (χ4n) is 2.93. The fraction of sp³-hybridized carbons (Fsp3) is 0.353. The fourth-order valence-corrected chi connectivity index (χ4v) is 4.58. The van der Waals surface area contributed by atoms with Crippen molar-refractivity contribution >= 4 is 15.9 Å². The Labute approximate surface area is 142 Å². The maximum atomic E-state index is 12.8. The highest BCUT2D eigenvalue weighted by atomic mass is 32.2. The van der Waals surface area contributed by atoms with Gasteiger partial charge in [-0.15, -0.1) is 0 Å². The summed E-state index contributed by atoms with van der Waals surface area (Å²) < 4.78 is 28.8. The molecule has 3 rings (SSSR count). The Morgan fingerprint density at radius 3 is 2.29 bits per heavy atom. The lowest BCUT2D eigenvalue weighted by atomic mass is 10.2. The van der Waals surface area contributed by atoms with E-state index < -0.39 is 10.0 Å². The molecule has 1 aliphatic rings. The van der Waals surface area contributed by atoms with E-state index >= 15 is 0 Å². The molecule has 1 saturated heterocycles. The van der Waals surface area contributed by atoms with E-state index in [-0.39, 0.29) is 5.91 Å². The number of rotatable bonds is 3. The third kappa shape index (κ3) is 3.09. The van der Waals surface area contributed by atoms with Crippen LogP contribution in [0.1, 0.15) is 15.9 Å². The van der Waals surface area contributed by atoms with Crippen LogP contribution in [-0.4, -0.2) is 54.3 Å². The first-order valence-corrected chi connectivity index (χ1v) is 9.30. The van der Waals surface area contributed by atoms with Crippen molar-refractivity contribution in [2.24, 2.45) is 7.05 Å². The average molecular weight is 347 g/mol. The van der Waals surface area contributed by atoms with Crippen molar-refractivity contribution < 1.29 is 13.2 Å². The zero-order valence-corrected chi connectivity index (χ0v) is 14.7. The molecule has 128 valence electrons. The molecule has 0 radical (unpaired) electrons. The highest BCUT2D eigenvalue weighted by Gasteiger charge is 2.31. The van der Waals surface area contributed by atoms with Gasteiger partial charge in [0.05, 0.1) is 10.5 Å². The van der Waals surface area contributed by atoms with Crippen molar-refractivity contribution in [3.8, 4) is 0 Å². The summed E-state index contributed by atoms with van der Waals surface area (Å²) in [5.74, 6) is -0.0523. The Kier molecular flexibility index (Phi) is 4.47. The number of hydrogen-bond donors (Lipinski definition) is 0. The lowest BCUT2D eigenvalue weighted by Gasteiger charge is -2.34. The number of carbonyl (C=O) groups excluding carboxylic acids is 1. The summed E-state index contributed by atoms with van der Waals surface area (Å²) in [7, 11) is -1.65. The Hall–Kier alpha value is -2.12. The van der Waals surface area contributed by atoms with Crippen LogP contribution in [0.5, 0.6) is 0 Å². The molecular formula is C17H21N3O3S. The van der Waals surface area contributed by atoms with Crippen LogP contribution in [0.25, 0.3) is 0 Å². The van der Waals surface area contributed by atoms with Gasteiger partial charge in [0, 0.05) is 45.6 Å². The standard InChI is InChI=1S/C17H21N3O3S/c1-14-5-3-4-6-16(14)24(22,23)20-11-9-19(10-12-20)17(21)15-7-8-18(2)13-15/h3-8,13H,9-12H2,1-2H3. The molecule has 24 heavy (non-hydrogen) atoms. The zero-order chi connectivity index (χ0) is 17.3. The lowest BCUT2D eigenvalue weighted by Crippen LogP contribution is -2.50. The number of aromatic nitrogens is 1. The Balaban J connectivity index is 1.71. The van der Waals surface area contributed by atoms with Gasteiger partial charge in [-0.25, -0.2) is 8.42 Å². The van der Waals surface area contributed by atoms with Crippen LogP contribution in [-0.2, 0) is 17.1 Å². The second-order valence-corrected chi connectivity index (χ2v) is 7.93. The van der Waals surface area contributed by atoms with E-state index in [9.17, 15) is 13.2 Å². The summed E-state index contributed by atoms with van der Waals surface area (Å²) in [6.07, 6.45) is 3.60. The van der Waals surface area contributed by atoms with Gasteiger partial charge in [-0.2, -0.15) is 4.31 Å². The maximum Gasteiger partial charge on any atom is 0.255 e. The van der Waals surface area contributed by atoms with Gasteiger partial charge >= 0.3 is 0 Å². The Bertz CT molecular complexity index is 849. The topological polar surface area (TPSA) is 62.6 Å². The smallest absolute Gasteiger partial charge is 0.255 e. The van der Waals surface area contributed by atoms with E-state index in [4.69, 9.17) is 0 Å². The third-order valence-electron chi connectivity index (χ3n) is 4.32. The van der Waals surface area contributed by atoms with Crippen molar-refractivity contribution in [2.75, 3.05) is 26.2 Å². The minimum Gasteiger partial charge on any atom is -0.356 e. The van der Waals surface area contributed by atoms with E-state index in [2.05, 4.69) is 0 Å². The van der Waals surface area contributed by atoms with Crippen molar-refractivity contribution in [2.45, 2.75) is 11.8 Å². The minimum absolute atomic E-state index is 0.0523. The number of sulfonamides is 1. The van der Waals surface area contributed by atoms with Crippen molar-refractivity contribution in [3.63, 3.8) is 0 Å². The summed E-state index contributed by atoms with van der Waals surface area (Å²) in [6.45, 7) is 3.23. The first kappa shape index (κ1) is 16.7. The van der Waals surface area contributed by atoms with Crippen LogP contribution in [0.2, 0.25) is 0 Å². The SMILES string of the molecule is Cc1ccccc1S(=O)(=O)N1CCN(C(=O)c2ccn(C)c2)CC1. The lowest BCUT2D eigenvalue weighted by molar-refractivity contribution is 0.0698. The predicted octanol–water partition coefficient (Wildman–Crippen LogP) is 1.48. The van der Waals surface area contributed by atoms with E-state index in [1.165, 1.54) is 4.31 Å². The van der Waals surface area contributed by atoms with Gasteiger partial charge in [0.25, 0.3) is 5.91 Å². The monoisotopic (exact) mass is 347 g/mol. The van der Waals surface area contributed by atoms with Gasteiger partial charge in [-0.1, -0.05) is 18.2 Å². The van der Waals surface area contributed by atoms with Crippen LogP contribution in [0, 0.1) is 6.92 Å². The molecule has 1 fully saturated rings. The first-order chi connectivity index (χ1) is 11.4. The Morgan fingerprint density at radius 2 is 1.71 bits per heavy atom. The zero-order valence-electron chi connectivity index (χ0n) is 13.8.